The van der Waals surface area contributed by atoms with E-state index < -0.39 is 0 Å². The van der Waals surface area contributed by atoms with E-state index in [9.17, 15) is 4.39 Å². The Hall–Kier alpha value is -0.450. The first-order chi connectivity index (χ1) is 4.34. The average Bonchev–Trinajstić information content (AvgIpc) is 2.18. The molecular formula is C5H10FN3. The first kappa shape index (κ1) is 6.67. The molecule has 0 spiro atoms. The molecule has 52 valence electrons. The fourth-order valence-electron chi connectivity index (χ4n) is 0.910. The Morgan fingerprint density at radius 2 is 2.56 bits per heavy atom. The van der Waals surface area contributed by atoms with E-state index in [1.54, 1.807) is 6.08 Å². The van der Waals surface area contributed by atoms with E-state index in [1.165, 1.54) is 0 Å². The smallest absolute Gasteiger partial charge is 0.114 e. The Kier molecular flexibility index (Phi) is 2.16. The molecule has 0 unspecified atom stereocenters. The van der Waals surface area contributed by atoms with E-state index in [0.29, 0.717) is 0 Å². The van der Waals surface area contributed by atoms with Crippen LogP contribution < -0.4 is 16.8 Å². The molecule has 4 N–H and O–H groups in total. The van der Waals surface area contributed by atoms with Gasteiger partial charge in [-0.25, -0.2) is 9.82 Å². The van der Waals surface area contributed by atoms with Crippen molar-refractivity contribution in [1.82, 2.24) is 11.0 Å². The molecule has 0 amide bonds. The SMILES string of the molecule is NNN[C@H]1CCC=C1F. The Morgan fingerprint density at radius 3 is 3.00 bits per heavy atom. The predicted octanol–water partition coefficient (Wildman–Crippen LogP) is -0.0299. The van der Waals surface area contributed by atoms with E-state index in [2.05, 4.69) is 11.0 Å². The summed E-state index contributed by atoms with van der Waals surface area (Å²) in [6.07, 6.45) is 3.15. The summed E-state index contributed by atoms with van der Waals surface area (Å²) in [7, 11) is 0. The number of nitrogens with one attached hydrogen (secondary N) is 2. The molecule has 0 saturated heterocycles. The largest absolute Gasteiger partial charge is 0.258 e. The zero-order valence-electron chi connectivity index (χ0n) is 5.02. The molecule has 1 rings (SSSR count). The quantitative estimate of drug-likeness (QED) is 0.364. The summed E-state index contributed by atoms with van der Waals surface area (Å²) in [6, 6.07) is -0.213. The number of hydrazine groups is 2. The Morgan fingerprint density at radius 1 is 1.78 bits per heavy atom. The zero-order valence-corrected chi connectivity index (χ0v) is 5.02. The second-order valence-electron chi connectivity index (χ2n) is 2.01. The Bertz CT molecular complexity index is 123. The minimum absolute atomic E-state index is 0.118. The molecule has 0 heterocycles. The van der Waals surface area contributed by atoms with Crippen LogP contribution in [0.25, 0.3) is 0 Å². The van der Waals surface area contributed by atoms with Gasteiger partial charge in [0.05, 0.1) is 6.04 Å². The summed E-state index contributed by atoms with van der Waals surface area (Å²) in [5, 5.41) is 0. The standard InChI is InChI=1S/C5H10FN3/c6-4-2-1-3-5(4)8-9-7/h2,5,8-9H,1,3,7H2/t5-/m0/s1. The van der Waals surface area contributed by atoms with Crippen molar-refractivity contribution in [3.05, 3.63) is 11.9 Å². The number of halogens is 1. The third-order valence-corrected chi connectivity index (χ3v) is 1.39. The van der Waals surface area contributed by atoms with Crippen molar-refractivity contribution in [3.8, 4) is 0 Å². The lowest BCUT2D eigenvalue weighted by Gasteiger charge is -2.08. The predicted molar refractivity (Wildman–Crippen MR) is 32.7 cm³/mol. The molecule has 0 radical (unpaired) electrons. The first-order valence-electron chi connectivity index (χ1n) is 2.91. The summed E-state index contributed by atoms with van der Waals surface area (Å²) < 4.78 is 12.5. The van der Waals surface area contributed by atoms with Crippen molar-refractivity contribution in [2.24, 2.45) is 5.84 Å². The number of hydrogen-bond donors (Lipinski definition) is 3. The van der Waals surface area contributed by atoms with Gasteiger partial charge in [-0.2, -0.15) is 5.53 Å². The maximum atomic E-state index is 12.5. The minimum Gasteiger partial charge on any atom is -0.258 e. The number of nitrogens with two attached hydrogens (primary N) is 1. The monoisotopic (exact) mass is 131 g/mol. The van der Waals surface area contributed by atoms with Gasteiger partial charge in [0.25, 0.3) is 0 Å². The van der Waals surface area contributed by atoms with Crippen molar-refractivity contribution in [3.63, 3.8) is 0 Å². The summed E-state index contributed by atoms with van der Waals surface area (Å²) in [4.78, 5) is 0. The van der Waals surface area contributed by atoms with E-state index in [4.69, 9.17) is 5.84 Å². The molecule has 0 aromatic carbocycles. The van der Waals surface area contributed by atoms with Crippen LogP contribution in [-0.2, 0) is 0 Å². The van der Waals surface area contributed by atoms with Gasteiger partial charge in [0.1, 0.15) is 5.83 Å². The third kappa shape index (κ3) is 1.48. The summed E-state index contributed by atoms with van der Waals surface area (Å²) in [5.41, 5.74) is 4.79. The molecular weight excluding hydrogens is 121 g/mol. The highest BCUT2D eigenvalue weighted by Gasteiger charge is 2.17. The number of hydrogen-bond acceptors (Lipinski definition) is 3. The fraction of sp³-hybridized carbons (Fsp3) is 0.600. The lowest BCUT2D eigenvalue weighted by molar-refractivity contribution is 0.419. The van der Waals surface area contributed by atoms with Gasteiger partial charge in [0.15, 0.2) is 0 Å². The molecule has 9 heavy (non-hydrogen) atoms. The van der Waals surface area contributed by atoms with Crippen LogP contribution in [-0.4, -0.2) is 6.04 Å². The van der Waals surface area contributed by atoms with Gasteiger partial charge < -0.3 is 0 Å². The molecule has 3 nitrogen and oxygen atoms in total. The van der Waals surface area contributed by atoms with Crippen molar-refractivity contribution in [2.45, 2.75) is 18.9 Å². The van der Waals surface area contributed by atoms with E-state index >= 15 is 0 Å². The van der Waals surface area contributed by atoms with Gasteiger partial charge >= 0.3 is 0 Å². The van der Waals surface area contributed by atoms with Gasteiger partial charge in [-0.15, -0.1) is 0 Å². The second kappa shape index (κ2) is 2.91. The molecule has 0 saturated carbocycles. The van der Waals surface area contributed by atoms with Crippen LogP contribution in [0.2, 0.25) is 0 Å². The molecule has 0 aromatic heterocycles. The molecule has 4 heteroatoms. The third-order valence-electron chi connectivity index (χ3n) is 1.39. The van der Waals surface area contributed by atoms with Crippen LogP contribution in [0.5, 0.6) is 0 Å². The molecule has 0 aromatic rings. The maximum Gasteiger partial charge on any atom is 0.114 e. The fourth-order valence-corrected chi connectivity index (χ4v) is 0.910. The van der Waals surface area contributed by atoms with Crippen LogP contribution in [0.15, 0.2) is 11.9 Å². The van der Waals surface area contributed by atoms with Crippen LogP contribution >= 0.6 is 0 Å². The molecule has 0 fully saturated rings. The number of allylic oxidation sites excluding steroid dienone is 1. The van der Waals surface area contributed by atoms with Crippen LogP contribution in [0.4, 0.5) is 4.39 Å². The minimum atomic E-state index is -0.213. The maximum absolute atomic E-state index is 12.5. The lowest BCUT2D eigenvalue weighted by Crippen LogP contribution is -2.44. The topological polar surface area (TPSA) is 50.1 Å². The molecule has 1 aliphatic carbocycles. The van der Waals surface area contributed by atoms with Crippen molar-refractivity contribution < 1.29 is 4.39 Å². The molecule has 0 aliphatic heterocycles. The number of rotatable bonds is 2. The van der Waals surface area contributed by atoms with Gasteiger partial charge in [-0.05, 0) is 12.8 Å². The summed E-state index contributed by atoms with van der Waals surface area (Å²) >= 11 is 0. The lowest BCUT2D eigenvalue weighted by atomic mass is 10.3. The average molecular weight is 131 g/mol. The van der Waals surface area contributed by atoms with Gasteiger partial charge in [-0.1, -0.05) is 6.08 Å². The van der Waals surface area contributed by atoms with E-state index in [0.717, 1.165) is 12.8 Å². The van der Waals surface area contributed by atoms with Gasteiger partial charge in [0, 0.05) is 0 Å². The molecule has 1 aliphatic rings. The van der Waals surface area contributed by atoms with E-state index in [-0.39, 0.29) is 11.9 Å². The van der Waals surface area contributed by atoms with Gasteiger partial charge in [-0.3, -0.25) is 5.84 Å². The van der Waals surface area contributed by atoms with Crippen LogP contribution in [0.3, 0.4) is 0 Å². The zero-order chi connectivity index (χ0) is 6.69. The van der Waals surface area contributed by atoms with Crippen molar-refractivity contribution in [2.75, 3.05) is 0 Å². The molecule has 0 bridgehead atoms. The summed E-state index contributed by atoms with van der Waals surface area (Å²) in [6.45, 7) is 0. The summed E-state index contributed by atoms with van der Waals surface area (Å²) in [5.74, 6) is 4.80. The van der Waals surface area contributed by atoms with Crippen LogP contribution in [0.1, 0.15) is 12.8 Å². The highest BCUT2D eigenvalue weighted by molar-refractivity contribution is 5.08. The first-order valence-corrected chi connectivity index (χ1v) is 2.91. The highest BCUT2D eigenvalue weighted by atomic mass is 19.1. The normalized spacial score (nSPS) is 26.4. The molecule has 1 atom stereocenters. The second-order valence-corrected chi connectivity index (χ2v) is 2.01. The Balaban J connectivity index is 2.34. The van der Waals surface area contributed by atoms with Crippen molar-refractivity contribution in [1.29, 1.82) is 0 Å². The van der Waals surface area contributed by atoms with Gasteiger partial charge in [0.2, 0.25) is 0 Å². The van der Waals surface area contributed by atoms with Crippen molar-refractivity contribution >= 4 is 0 Å². The van der Waals surface area contributed by atoms with Crippen LogP contribution in [0, 0.1) is 0 Å². The van der Waals surface area contributed by atoms with E-state index in [1.807, 2.05) is 0 Å². The highest BCUT2D eigenvalue weighted by Crippen LogP contribution is 2.18. The Labute approximate surface area is 53.0 Å².